The molecule has 1 aliphatic carbocycles. The zero-order valence-electron chi connectivity index (χ0n) is 12.1. The third-order valence-electron chi connectivity index (χ3n) is 3.74. The van der Waals surface area contributed by atoms with Gasteiger partial charge in [0.2, 0.25) is 0 Å². The number of hydrazine groups is 2. The molecule has 1 amide bonds. The fourth-order valence-corrected chi connectivity index (χ4v) is 2.78. The molecule has 0 fully saturated rings. The molecule has 23 heavy (non-hydrogen) atoms. The molecule has 1 aliphatic rings. The predicted octanol–water partition coefficient (Wildman–Crippen LogP) is 1.87. The van der Waals surface area contributed by atoms with E-state index in [1.807, 2.05) is 54.1 Å². The molecule has 0 aromatic heterocycles. The number of rotatable bonds is 4. The topological polar surface area (TPSA) is 97.0 Å². The Morgan fingerprint density at radius 3 is 2.30 bits per heavy atom. The molecular formula is C16H14N4O3. The highest BCUT2D eigenvalue weighted by molar-refractivity contribution is 5.79. The van der Waals surface area contributed by atoms with Crippen LogP contribution in [0.5, 0.6) is 0 Å². The second-order valence-electron chi connectivity index (χ2n) is 4.98. The Kier molecular flexibility index (Phi) is 4.05. The third-order valence-corrected chi connectivity index (χ3v) is 3.74. The van der Waals surface area contributed by atoms with E-state index in [2.05, 4.69) is 5.10 Å². The lowest BCUT2D eigenvalue weighted by Gasteiger charge is -2.17. The number of amides is 1. The monoisotopic (exact) mass is 310 g/mol. The number of nitrogens with one attached hydrogen (secondary N) is 1. The fourth-order valence-electron chi connectivity index (χ4n) is 2.78. The summed E-state index contributed by atoms with van der Waals surface area (Å²) in [5, 5.41) is 3.47. The minimum Gasteiger partial charge on any atom is -0.446 e. The van der Waals surface area contributed by atoms with E-state index in [0.717, 1.165) is 22.3 Å². The van der Waals surface area contributed by atoms with E-state index in [9.17, 15) is 9.59 Å². The molecule has 3 rings (SSSR count). The molecule has 7 nitrogen and oxygen atoms in total. The van der Waals surface area contributed by atoms with Crippen molar-refractivity contribution in [2.24, 2.45) is 10.9 Å². The van der Waals surface area contributed by atoms with E-state index in [1.165, 1.54) is 6.08 Å². The lowest BCUT2D eigenvalue weighted by atomic mass is 9.98. The summed E-state index contributed by atoms with van der Waals surface area (Å²) in [6.07, 6.45) is 0.369. The normalized spacial score (nSPS) is 11.9. The number of hydrazone groups is 1. The van der Waals surface area contributed by atoms with Crippen LogP contribution in [-0.2, 0) is 9.53 Å². The van der Waals surface area contributed by atoms with Gasteiger partial charge in [0.15, 0.2) is 0 Å². The number of carbonyl (C=O) groups is 1. The Labute approximate surface area is 132 Å². The first-order valence-corrected chi connectivity index (χ1v) is 6.94. The van der Waals surface area contributed by atoms with Gasteiger partial charge in [-0.25, -0.2) is 15.4 Å². The average Bonchev–Trinajstić information content (AvgIpc) is 2.91. The molecule has 0 aliphatic heterocycles. The Hall–Kier alpha value is -3.15. The fraction of sp³-hybridized carbons (Fsp3) is 0.125. The van der Waals surface area contributed by atoms with Gasteiger partial charge in [0.1, 0.15) is 6.61 Å². The van der Waals surface area contributed by atoms with Crippen molar-refractivity contribution >= 4 is 12.2 Å². The number of isocyanates is 1. The Bertz CT molecular complexity index is 741. The van der Waals surface area contributed by atoms with Crippen molar-refractivity contribution in [3.05, 3.63) is 59.7 Å². The van der Waals surface area contributed by atoms with Crippen LogP contribution >= 0.6 is 0 Å². The molecule has 0 unspecified atom stereocenters. The maximum atomic E-state index is 11.8. The quantitative estimate of drug-likeness (QED) is 0.295. The van der Waals surface area contributed by atoms with Crippen LogP contribution in [0.15, 0.2) is 53.6 Å². The third kappa shape index (κ3) is 2.78. The zero-order valence-corrected chi connectivity index (χ0v) is 12.1. The van der Waals surface area contributed by atoms with E-state index in [0.29, 0.717) is 5.12 Å². The molecule has 0 heterocycles. The molecule has 0 saturated carbocycles. The van der Waals surface area contributed by atoms with Crippen LogP contribution in [0.3, 0.4) is 0 Å². The van der Waals surface area contributed by atoms with Gasteiger partial charge in [-0.05, 0) is 22.3 Å². The smallest absolute Gasteiger partial charge is 0.445 e. The number of nitrogens with two attached hydrogens (primary N) is 1. The maximum absolute atomic E-state index is 11.8. The van der Waals surface area contributed by atoms with Crippen LogP contribution in [-0.4, -0.2) is 23.9 Å². The van der Waals surface area contributed by atoms with Gasteiger partial charge in [0, 0.05) is 5.92 Å². The first-order valence-electron chi connectivity index (χ1n) is 6.94. The van der Waals surface area contributed by atoms with Gasteiger partial charge in [-0.2, -0.15) is 5.53 Å². The maximum Gasteiger partial charge on any atom is 0.445 e. The largest absolute Gasteiger partial charge is 0.446 e. The highest BCUT2D eigenvalue weighted by Gasteiger charge is 2.29. The van der Waals surface area contributed by atoms with Crippen LogP contribution in [0, 0.1) is 0 Å². The highest BCUT2D eigenvalue weighted by Crippen LogP contribution is 2.44. The molecule has 7 heteroatoms. The van der Waals surface area contributed by atoms with Crippen LogP contribution in [0.25, 0.3) is 11.1 Å². The number of nitrogens with zero attached hydrogens (tertiary/aromatic N) is 2. The summed E-state index contributed by atoms with van der Waals surface area (Å²) in [5.41, 5.74) is 6.46. The summed E-state index contributed by atoms with van der Waals surface area (Å²) >= 11 is 0. The molecule has 2 aromatic rings. The summed E-state index contributed by atoms with van der Waals surface area (Å²) < 4.78 is 5.21. The molecule has 116 valence electrons. The molecule has 0 radical (unpaired) electrons. The number of fused-ring (bicyclic) bond motifs is 3. The number of hydrogen-bond donors (Lipinski definition) is 2. The van der Waals surface area contributed by atoms with Crippen molar-refractivity contribution in [3.8, 4) is 11.1 Å². The second kappa shape index (κ2) is 6.31. The molecule has 0 bridgehead atoms. The number of carbonyl (C=O) groups excluding carboxylic acids is 2. The van der Waals surface area contributed by atoms with Crippen LogP contribution < -0.4 is 11.4 Å². The van der Waals surface area contributed by atoms with Gasteiger partial charge in [0.05, 0.1) is 0 Å². The van der Waals surface area contributed by atoms with Crippen LogP contribution in [0.4, 0.5) is 4.79 Å². The summed E-state index contributed by atoms with van der Waals surface area (Å²) in [6.45, 7) is 0.132. The van der Waals surface area contributed by atoms with E-state index in [-0.39, 0.29) is 12.5 Å². The lowest BCUT2D eigenvalue weighted by molar-refractivity contribution is 0.0810. The SMILES string of the molecule is NN(NN=C=O)C(=O)OCC1c2ccccc2-c2ccccc21. The van der Waals surface area contributed by atoms with Gasteiger partial charge >= 0.3 is 6.09 Å². The first kappa shape index (κ1) is 14.8. The Morgan fingerprint density at radius 1 is 1.17 bits per heavy atom. The lowest BCUT2D eigenvalue weighted by Crippen LogP contribution is -2.46. The predicted molar refractivity (Wildman–Crippen MR) is 82.4 cm³/mol. The van der Waals surface area contributed by atoms with Crippen molar-refractivity contribution < 1.29 is 14.3 Å². The van der Waals surface area contributed by atoms with E-state index in [1.54, 1.807) is 0 Å². The van der Waals surface area contributed by atoms with Crippen LogP contribution in [0.1, 0.15) is 17.0 Å². The van der Waals surface area contributed by atoms with Gasteiger partial charge in [-0.3, -0.25) is 0 Å². The number of benzene rings is 2. The highest BCUT2D eigenvalue weighted by atomic mass is 16.6. The van der Waals surface area contributed by atoms with Gasteiger partial charge in [-0.1, -0.05) is 53.6 Å². The van der Waals surface area contributed by atoms with Crippen molar-refractivity contribution in [1.29, 1.82) is 0 Å². The minimum atomic E-state index is -0.842. The molecule has 3 N–H and O–H groups in total. The molecule has 0 atom stereocenters. The van der Waals surface area contributed by atoms with Crippen LogP contribution in [0.2, 0.25) is 0 Å². The second-order valence-corrected chi connectivity index (χ2v) is 4.98. The number of ether oxygens (including phenoxy) is 1. The summed E-state index contributed by atoms with van der Waals surface area (Å²) in [5.74, 6) is 5.29. The van der Waals surface area contributed by atoms with Gasteiger partial charge < -0.3 is 4.74 Å². The van der Waals surface area contributed by atoms with Gasteiger partial charge in [-0.15, -0.1) is 5.12 Å². The van der Waals surface area contributed by atoms with E-state index >= 15 is 0 Å². The molecular weight excluding hydrogens is 296 g/mol. The van der Waals surface area contributed by atoms with Crippen molar-refractivity contribution in [2.75, 3.05) is 6.61 Å². The van der Waals surface area contributed by atoms with Crippen molar-refractivity contribution in [2.45, 2.75) is 5.92 Å². The summed E-state index contributed by atoms with van der Waals surface area (Å²) in [7, 11) is 0. The van der Waals surface area contributed by atoms with E-state index < -0.39 is 6.09 Å². The zero-order chi connectivity index (χ0) is 16.2. The average molecular weight is 310 g/mol. The van der Waals surface area contributed by atoms with Gasteiger partial charge in [0.25, 0.3) is 6.08 Å². The summed E-state index contributed by atoms with van der Waals surface area (Å²) in [4.78, 5) is 21.7. The standard InChI is InChI=1S/C16H14N4O3/c17-20(19-18-10-21)16(22)23-9-15-13-7-3-1-5-11(13)12-6-2-4-8-14(12)15/h1-8,15,19H,9,17H2. The van der Waals surface area contributed by atoms with Crippen molar-refractivity contribution in [1.82, 2.24) is 10.7 Å². The minimum absolute atomic E-state index is 0.0608. The first-order chi connectivity index (χ1) is 11.2. The molecule has 0 spiro atoms. The molecule has 0 saturated heterocycles. The molecule has 2 aromatic carbocycles. The Morgan fingerprint density at radius 2 is 1.74 bits per heavy atom. The number of hydrogen-bond acceptors (Lipinski definition) is 6. The van der Waals surface area contributed by atoms with E-state index in [4.69, 9.17) is 10.6 Å². The van der Waals surface area contributed by atoms with Crippen molar-refractivity contribution in [3.63, 3.8) is 0 Å². The Balaban J connectivity index is 1.78. The summed E-state index contributed by atoms with van der Waals surface area (Å²) in [6, 6.07) is 16.0.